The lowest BCUT2D eigenvalue weighted by Gasteiger charge is -2.22. The molecule has 1 aromatic heterocycles. The van der Waals surface area contributed by atoms with Crippen LogP contribution in [0, 0.1) is 12.8 Å². The maximum absolute atomic E-state index is 5.79. The third-order valence-corrected chi connectivity index (χ3v) is 2.77. The quantitative estimate of drug-likeness (QED) is 0.778. The minimum atomic E-state index is 0.399. The van der Waals surface area contributed by atoms with Crippen LogP contribution in [0.3, 0.4) is 0 Å². The van der Waals surface area contributed by atoms with Gasteiger partial charge in [0.05, 0.1) is 0 Å². The summed E-state index contributed by atoms with van der Waals surface area (Å²) >= 11 is 5.79. The van der Waals surface area contributed by atoms with Gasteiger partial charge < -0.3 is 5.32 Å². The fraction of sp³-hybridized carbons (Fsp3) is 0.583. The summed E-state index contributed by atoms with van der Waals surface area (Å²) in [6, 6.07) is 4.41. The van der Waals surface area contributed by atoms with Crippen molar-refractivity contribution >= 4 is 17.4 Å². The average Bonchev–Trinajstić information content (AvgIpc) is 2.20. The summed E-state index contributed by atoms with van der Waals surface area (Å²) in [7, 11) is 0. The molecule has 0 bridgehead atoms. The highest BCUT2D eigenvalue weighted by Gasteiger charge is 2.13. The number of pyridine rings is 1. The number of hydrogen-bond donors (Lipinski definition) is 1. The van der Waals surface area contributed by atoms with E-state index >= 15 is 0 Å². The van der Waals surface area contributed by atoms with Crippen molar-refractivity contribution in [3.8, 4) is 0 Å². The Morgan fingerprint density at radius 2 is 2.20 bits per heavy atom. The maximum Gasteiger partial charge on any atom is 0.129 e. The third-order valence-electron chi connectivity index (χ3n) is 2.56. The van der Waals surface area contributed by atoms with Gasteiger partial charge in [0.1, 0.15) is 5.82 Å². The molecular weight excluding hydrogens is 208 g/mol. The molecule has 1 rings (SSSR count). The SMILES string of the molecule is Cc1cccnc1NC(CCCl)C(C)C. The Bertz CT molecular complexity index is 299. The van der Waals surface area contributed by atoms with Crippen molar-refractivity contribution in [3.05, 3.63) is 23.9 Å². The summed E-state index contributed by atoms with van der Waals surface area (Å²) in [5.74, 6) is 2.22. The van der Waals surface area contributed by atoms with Gasteiger partial charge in [0.15, 0.2) is 0 Å². The van der Waals surface area contributed by atoms with Crippen LogP contribution in [0.4, 0.5) is 5.82 Å². The zero-order valence-corrected chi connectivity index (χ0v) is 10.4. The summed E-state index contributed by atoms with van der Waals surface area (Å²) in [6.45, 7) is 6.46. The molecule has 2 nitrogen and oxygen atoms in total. The smallest absolute Gasteiger partial charge is 0.129 e. The summed E-state index contributed by atoms with van der Waals surface area (Å²) in [6.07, 6.45) is 2.78. The van der Waals surface area contributed by atoms with Crippen molar-refractivity contribution in [2.75, 3.05) is 11.2 Å². The van der Waals surface area contributed by atoms with E-state index in [1.54, 1.807) is 0 Å². The minimum absolute atomic E-state index is 0.399. The van der Waals surface area contributed by atoms with E-state index in [-0.39, 0.29) is 0 Å². The molecule has 1 aromatic rings. The van der Waals surface area contributed by atoms with Gasteiger partial charge in [0, 0.05) is 18.1 Å². The molecule has 1 unspecified atom stereocenters. The molecule has 0 aliphatic rings. The first-order valence-corrected chi connectivity index (χ1v) is 5.92. The van der Waals surface area contributed by atoms with Crippen LogP contribution in [0.25, 0.3) is 0 Å². The number of aryl methyl sites for hydroxylation is 1. The second-order valence-electron chi connectivity index (χ2n) is 4.14. The number of hydrogen-bond acceptors (Lipinski definition) is 2. The van der Waals surface area contributed by atoms with E-state index in [0.717, 1.165) is 12.2 Å². The van der Waals surface area contributed by atoms with Crippen molar-refractivity contribution in [1.29, 1.82) is 0 Å². The number of halogens is 1. The van der Waals surface area contributed by atoms with E-state index < -0.39 is 0 Å². The normalized spacial score (nSPS) is 12.9. The predicted octanol–water partition coefficient (Wildman–Crippen LogP) is 3.46. The van der Waals surface area contributed by atoms with Gasteiger partial charge in [-0.3, -0.25) is 0 Å². The van der Waals surface area contributed by atoms with Gasteiger partial charge in [-0.25, -0.2) is 4.98 Å². The van der Waals surface area contributed by atoms with Crippen molar-refractivity contribution in [3.63, 3.8) is 0 Å². The van der Waals surface area contributed by atoms with Crippen LogP contribution in [0.15, 0.2) is 18.3 Å². The summed E-state index contributed by atoms with van der Waals surface area (Å²) in [4.78, 5) is 4.33. The Morgan fingerprint density at radius 1 is 1.47 bits per heavy atom. The van der Waals surface area contributed by atoms with Crippen LogP contribution >= 0.6 is 11.6 Å². The molecule has 1 N–H and O–H groups in total. The minimum Gasteiger partial charge on any atom is -0.367 e. The number of alkyl halides is 1. The summed E-state index contributed by atoms with van der Waals surface area (Å²) < 4.78 is 0. The van der Waals surface area contributed by atoms with Crippen molar-refractivity contribution < 1.29 is 0 Å². The van der Waals surface area contributed by atoms with Crippen LogP contribution < -0.4 is 5.32 Å². The molecule has 0 saturated carbocycles. The highest BCUT2D eigenvalue weighted by Crippen LogP contribution is 2.16. The Kier molecular flexibility index (Phi) is 4.89. The second kappa shape index (κ2) is 5.96. The molecule has 0 fully saturated rings. The monoisotopic (exact) mass is 226 g/mol. The molecule has 0 radical (unpaired) electrons. The molecule has 0 aromatic carbocycles. The first kappa shape index (κ1) is 12.3. The number of anilines is 1. The first-order valence-electron chi connectivity index (χ1n) is 5.39. The van der Waals surface area contributed by atoms with E-state index in [1.807, 2.05) is 12.3 Å². The largest absolute Gasteiger partial charge is 0.367 e. The first-order chi connectivity index (χ1) is 7.15. The van der Waals surface area contributed by atoms with Gasteiger partial charge in [0.2, 0.25) is 0 Å². The van der Waals surface area contributed by atoms with Crippen LogP contribution in [-0.2, 0) is 0 Å². The molecule has 1 atom stereocenters. The van der Waals surface area contributed by atoms with E-state index in [0.29, 0.717) is 17.8 Å². The Labute approximate surface area is 97.1 Å². The van der Waals surface area contributed by atoms with Gasteiger partial charge in [-0.2, -0.15) is 0 Å². The average molecular weight is 227 g/mol. The molecule has 0 spiro atoms. The van der Waals surface area contributed by atoms with Gasteiger partial charge in [-0.15, -0.1) is 11.6 Å². The highest BCUT2D eigenvalue weighted by atomic mass is 35.5. The molecular formula is C12H19ClN2. The zero-order chi connectivity index (χ0) is 11.3. The molecule has 0 amide bonds. The number of nitrogens with zero attached hydrogens (tertiary/aromatic N) is 1. The third kappa shape index (κ3) is 3.71. The molecule has 3 heteroatoms. The van der Waals surface area contributed by atoms with Crippen molar-refractivity contribution in [1.82, 2.24) is 4.98 Å². The van der Waals surface area contributed by atoms with Gasteiger partial charge in [-0.05, 0) is 30.9 Å². The van der Waals surface area contributed by atoms with Crippen LogP contribution in [-0.4, -0.2) is 16.9 Å². The number of aromatic nitrogens is 1. The number of nitrogens with one attached hydrogen (secondary N) is 1. The molecule has 1 heterocycles. The van der Waals surface area contributed by atoms with E-state index in [9.17, 15) is 0 Å². The predicted molar refractivity (Wildman–Crippen MR) is 66.6 cm³/mol. The van der Waals surface area contributed by atoms with E-state index in [4.69, 9.17) is 11.6 Å². The maximum atomic E-state index is 5.79. The fourth-order valence-corrected chi connectivity index (χ4v) is 1.74. The van der Waals surface area contributed by atoms with Crippen LogP contribution in [0.1, 0.15) is 25.8 Å². The van der Waals surface area contributed by atoms with Crippen LogP contribution in [0.2, 0.25) is 0 Å². The van der Waals surface area contributed by atoms with Crippen molar-refractivity contribution in [2.24, 2.45) is 5.92 Å². The van der Waals surface area contributed by atoms with Gasteiger partial charge in [0.25, 0.3) is 0 Å². The van der Waals surface area contributed by atoms with E-state index in [2.05, 4.69) is 37.1 Å². The second-order valence-corrected chi connectivity index (χ2v) is 4.52. The number of rotatable bonds is 5. The summed E-state index contributed by atoms with van der Waals surface area (Å²) in [5, 5.41) is 3.45. The molecule has 0 aliphatic heterocycles. The van der Waals surface area contributed by atoms with Crippen molar-refractivity contribution in [2.45, 2.75) is 33.2 Å². The molecule has 84 valence electrons. The Hall–Kier alpha value is -0.760. The lowest BCUT2D eigenvalue weighted by atomic mass is 10.0. The van der Waals surface area contributed by atoms with Crippen LogP contribution in [0.5, 0.6) is 0 Å². The highest BCUT2D eigenvalue weighted by molar-refractivity contribution is 6.17. The molecule has 0 aliphatic carbocycles. The fourth-order valence-electron chi connectivity index (χ4n) is 1.50. The zero-order valence-electron chi connectivity index (χ0n) is 9.63. The molecule has 0 saturated heterocycles. The summed E-state index contributed by atoms with van der Waals surface area (Å²) in [5.41, 5.74) is 1.18. The standard InChI is InChI=1S/C12H19ClN2/c1-9(2)11(6-7-13)15-12-10(3)5-4-8-14-12/h4-5,8-9,11H,6-7H2,1-3H3,(H,14,15). The Morgan fingerprint density at radius 3 is 2.73 bits per heavy atom. The lowest BCUT2D eigenvalue weighted by Crippen LogP contribution is -2.27. The molecule has 15 heavy (non-hydrogen) atoms. The van der Waals surface area contributed by atoms with Gasteiger partial charge >= 0.3 is 0 Å². The van der Waals surface area contributed by atoms with Gasteiger partial charge in [-0.1, -0.05) is 19.9 Å². The van der Waals surface area contributed by atoms with E-state index in [1.165, 1.54) is 5.56 Å². The Balaban J connectivity index is 2.69. The topological polar surface area (TPSA) is 24.9 Å². The lowest BCUT2D eigenvalue weighted by molar-refractivity contribution is 0.511.